The Labute approximate surface area is 188 Å². The van der Waals surface area contributed by atoms with Gasteiger partial charge in [-0.25, -0.2) is 4.79 Å². The highest BCUT2D eigenvalue weighted by molar-refractivity contribution is 6.09. The topological polar surface area (TPSA) is 99.3 Å². The molecule has 3 rings (SSSR count). The van der Waals surface area contributed by atoms with E-state index in [1.54, 1.807) is 39.2 Å². The monoisotopic (exact) mass is 442 g/mol. The smallest absolute Gasteiger partial charge is 0.410 e. The fourth-order valence-electron chi connectivity index (χ4n) is 4.62. The van der Waals surface area contributed by atoms with Crippen LogP contribution in [0, 0.1) is 5.92 Å². The molecule has 2 heterocycles. The average Bonchev–Trinajstić information content (AvgIpc) is 3.10. The molecule has 1 aromatic carbocycles. The van der Waals surface area contributed by atoms with Crippen molar-refractivity contribution in [1.82, 2.24) is 15.1 Å². The maximum atomic E-state index is 13.9. The van der Waals surface area contributed by atoms with Gasteiger partial charge in [0.15, 0.2) is 0 Å². The summed E-state index contributed by atoms with van der Waals surface area (Å²) in [6.07, 6.45) is 1.43. The summed E-state index contributed by atoms with van der Waals surface area (Å²) >= 11 is 0. The van der Waals surface area contributed by atoms with E-state index < -0.39 is 29.4 Å². The van der Waals surface area contributed by atoms with Crippen LogP contribution in [0.4, 0.5) is 10.5 Å². The summed E-state index contributed by atoms with van der Waals surface area (Å²) in [5.74, 6) is -2.15. The molecule has 9 nitrogen and oxygen atoms in total. The molecule has 9 heteroatoms. The first kappa shape index (κ1) is 23.3. The number of nitrogens with one attached hydrogen (secondary N) is 1. The number of carbonyl (C=O) groups excluding carboxylic acids is 4. The molecule has 1 N–H and O–H groups in total. The first-order chi connectivity index (χ1) is 15.2. The van der Waals surface area contributed by atoms with Crippen molar-refractivity contribution in [3.63, 3.8) is 0 Å². The van der Waals surface area contributed by atoms with Crippen molar-refractivity contribution in [3.05, 3.63) is 42.5 Å². The summed E-state index contributed by atoms with van der Waals surface area (Å²) < 4.78 is 5.37. The number of nitrogens with zero attached hydrogens (tertiary/aromatic N) is 3. The number of fused-ring (bicyclic) bond motifs is 3. The third-order valence-corrected chi connectivity index (χ3v) is 6.33. The first-order valence-corrected chi connectivity index (χ1v) is 10.6. The van der Waals surface area contributed by atoms with Gasteiger partial charge < -0.3 is 19.9 Å². The number of likely N-dealkylation sites (N-methyl/N-ethyl adjacent to an activating group) is 1. The quantitative estimate of drug-likeness (QED) is 0.530. The van der Waals surface area contributed by atoms with E-state index in [0.717, 1.165) is 5.56 Å². The lowest BCUT2D eigenvalue weighted by Gasteiger charge is -2.46. The van der Waals surface area contributed by atoms with Crippen molar-refractivity contribution in [3.8, 4) is 0 Å². The average molecular weight is 443 g/mol. The van der Waals surface area contributed by atoms with Crippen LogP contribution in [0.1, 0.15) is 24.8 Å². The second-order valence-electron chi connectivity index (χ2n) is 8.39. The summed E-state index contributed by atoms with van der Waals surface area (Å²) in [6, 6.07) is 7.22. The van der Waals surface area contributed by atoms with Gasteiger partial charge in [-0.05, 0) is 25.0 Å². The Bertz CT molecular complexity index is 946. The molecule has 0 radical (unpaired) electrons. The molecule has 172 valence electrons. The highest BCUT2D eigenvalue weighted by Gasteiger charge is 2.64. The molecular formula is C23H30N4O5. The maximum Gasteiger partial charge on any atom is 0.410 e. The highest BCUT2D eigenvalue weighted by atomic mass is 16.6. The zero-order chi connectivity index (χ0) is 23.6. The summed E-state index contributed by atoms with van der Waals surface area (Å²) in [5, 5.41) is 2.66. The number of carbonyl (C=O) groups is 4. The van der Waals surface area contributed by atoms with Crippen LogP contribution in [0.3, 0.4) is 0 Å². The van der Waals surface area contributed by atoms with Gasteiger partial charge in [-0.15, -0.1) is 6.58 Å². The summed E-state index contributed by atoms with van der Waals surface area (Å²) in [5.41, 5.74) is -0.0641. The van der Waals surface area contributed by atoms with E-state index in [-0.39, 0.29) is 31.5 Å². The fraction of sp³-hybridized carbons (Fsp3) is 0.478. The normalized spacial score (nSPS) is 23.8. The van der Waals surface area contributed by atoms with Gasteiger partial charge in [-0.1, -0.05) is 24.3 Å². The molecule has 1 saturated heterocycles. The van der Waals surface area contributed by atoms with Crippen LogP contribution >= 0.6 is 0 Å². The van der Waals surface area contributed by atoms with Crippen LogP contribution in [0.2, 0.25) is 0 Å². The maximum absolute atomic E-state index is 13.9. The van der Waals surface area contributed by atoms with Crippen LogP contribution in [0.5, 0.6) is 0 Å². The molecule has 0 aromatic heterocycles. The van der Waals surface area contributed by atoms with Crippen LogP contribution in [0.15, 0.2) is 36.9 Å². The number of para-hydroxylation sites is 1. The minimum atomic E-state index is -1.39. The van der Waals surface area contributed by atoms with E-state index in [2.05, 4.69) is 11.9 Å². The third kappa shape index (κ3) is 3.72. The van der Waals surface area contributed by atoms with E-state index in [4.69, 9.17) is 4.74 Å². The molecule has 0 unspecified atom stereocenters. The zero-order valence-electron chi connectivity index (χ0n) is 19.0. The molecule has 4 amide bonds. The number of amides is 4. The van der Waals surface area contributed by atoms with Gasteiger partial charge >= 0.3 is 6.09 Å². The second kappa shape index (κ2) is 9.02. The molecule has 1 aromatic rings. The lowest BCUT2D eigenvalue weighted by Crippen LogP contribution is -2.62. The number of likely N-dealkylation sites (tertiary alicyclic amines) is 1. The van der Waals surface area contributed by atoms with E-state index in [9.17, 15) is 19.2 Å². The number of hydrogen-bond donors (Lipinski definition) is 1. The van der Waals surface area contributed by atoms with Gasteiger partial charge in [0.2, 0.25) is 11.8 Å². The van der Waals surface area contributed by atoms with Crippen LogP contribution < -0.4 is 10.2 Å². The Morgan fingerprint density at radius 3 is 2.62 bits per heavy atom. The first-order valence-electron chi connectivity index (χ1n) is 10.6. The molecule has 0 bridgehead atoms. The van der Waals surface area contributed by atoms with E-state index >= 15 is 0 Å². The molecule has 0 spiro atoms. The van der Waals surface area contributed by atoms with Crippen molar-refractivity contribution in [2.45, 2.75) is 24.8 Å². The van der Waals surface area contributed by atoms with Gasteiger partial charge in [-0.3, -0.25) is 19.3 Å². The van der Waals surface area contributed by atoms with E-state index in [1.165, 1.54) is 21.7 Å². The minimum Gasteiger partial charge on any atom is -0.449 e. The molecule has 0 aliphatic carbocycles. The molecule has 3 atom stereocenters. The number of hydrogen-bond acceptors (Lipinski definition) is 5. The lowest BCUT2D eigenvalue weighted by molar-refractivity contribution is -0.133. The van der Waals surface area contributed by atoms with Crippen molar-refractivity contribution < 1.29 is 23.9 Å². The molecule has 1 fully saturated rings. The Kier molecular flexibility index (Phi) is 6.57. The molecule has 2 aliphatic heterocycles. The second-order valence-corrected chi connectivity index (χ2v) is 8.39. The Hall–Kier alpha value is -3.36. The summed E-state index contributed by atoms with van der Waals surface area (Å²) in [4.78, 5) is 56.4. The number of rotatable bonds is 6. The Balaban J connectivity index is 2.12. The number of benzene rings is 1. The Morgan fingerprint density at radius 2 is 2.00 bits per heavy atom. The fourth-order valence-corrected chi connectivity index (χ4v) is 4.62. The van der Waals surface area contributed by atoms with Gasteiger partial charge in [0.05, 0.1) is 12.5 Å². The minimum absolute atomic E-state index is 0.0311. The highest BCUT2D eigenvalue weighted by Crippen LogP contribution is 2.53. The molecule has 32 heavy (non-hydrogen) atoms. The molecule has 2 aliphatic rings. The summed E-state index contributed by atoms with van der Waals surface area (Å²) in [7, 11) is 4.77. The zero-order valence-corrected chi connectivity index (χ0v) is 19.0. The standard InChI is InChI=1S/C23H30N4O5/c1-6-7-12-32-22(31)27-13-16(20(29)24-3)19-15-10-8-9-11-17(15)26(14-18(28)25(4)5)21(30)23(19,27)2/h6,8-11,16,19H,1,7,12-14H2,2-5H3,(H,24,29)/t16-,19+,23-/m0/s1. The number of ether oxygens (including phenoxy) is 1. The van der Waals surface area contributed by atoms with Crippen LogP contribution in [-0.2, 0) is 19.1 Å². The molecule has 0 saturated carbocycles. The molecular weight excluding hydrogens is 412 g/mol. The largest absolute Gasteiger partial charge is 0.449 e. The Morgan fingerprint density at radius 1 is 1.31 bits per heavy atom. The predicted octanol–water partition coefficient (Wildman–Crippen LogP) is 1.35. The van der Waals surface area contributed by atoms with Gasteiger partial charge in [0, 0.05) is 39.3 Å². The van der Waals surface area contributed by atoms with Crippen molar-refractivity contribution in [2.24, 2.45) is 5.92 Å². The predicted molar refractivity (Wildman–Crippen MR) is 119 cm³/mol. The van der Waals surface area contributed by atoms with Crippen molar-refractivity contribution in [2.75, 3.05) is 45.7 Å². The SMILES string of the molecule is C=CCCOC(=O)N1C[C@H](C(=O)NC)[C@H]2c3ccccc3N(CC(=O)N(C)C)C(=O)[C@]21C. The number of anilines is 1. The van der Waals surface area contributed by atoms with E-state index in [0.29, 0.717) is 12.1 Å². The lowest BCUT2D eigenvalue weighted by atomic mass is 9.72. The van der Waals surface area contributed by atoms with E-state index in [1.807, 2.05) is 12.1 Å². The summed E-state index contributed by atoms with van der Waals surface area (Å²) in [6.45, 7) is 5.25. The van der Waals surface area contributed by atoms with Crippen molar-refractivity contribution in [1.29, 1.82) is 0 Å². The van der Waals surface area contributed by atoms with Gasteiger partial charge in [0.25, 0.3) is 5.91 Å². The van der Waals surface area contributed by atoms with Crippen LogP contribution in [0.25, 0.3) is 0 Å². The van der Waals surface area contributed by atoms with Gasteiger partial charge in [0.1, 0.15) is 12.1 Å². The van der Waals surface area contributed by atoms with Crippen LogP contribution in [-0.4, -0.2) is 80.0 Å². The van der Waals surface area contributed by atoms with Gasteiger partial charge in [-0.2, -0.15) is 0 Å². The third-order valence-electron chi connectivity index (χ3n) is 6.33. The van der Waals surface area contributed by atoms with Crippen molar-refractivity contribution >= 4 is 29.5 Å².